The van der Waals surface area contributed by atoms with Crippen molar-refractivity contribution in [1.29, 1.82) is 0 Å². The zero-order chi connectivity index (χ0) is 28.3. The number of ketones is 1. The predicted octanol–water partition coefficient (Wildman–Crippen LogP) is 4.36. The summed E-state index contributed by atoms with van der Waals surface area (Å²) in [6.45, 7) is -0.429. The third-order valence-corrected chi connectivity index (χ3v) is 7.37. The maximum absolute atomic E-state index is 14.5. The molecule has 14 heteroatoms. The molecule has 0 saturated heterocycles. The standard InChI is InChI=1S/C25H20F2N2O8S2/c1-39(34,35)28-24(37-25(31)16-4-2-3-14(9-16)13-36-29(32)33)19-10-15-5-7-21(30)18(15)12-23(19)38-22-8-6-17(26)11-20(22)27/h2-4,6,8-12,24,28H,5,7,13H2,1H3. The van der Waals surface area contributed by atoms with Gasteiger partial charge in [0.25, 0.3) is 5.09 Å². The Bertz CT molecular complexity index is 1580. The molecule has 0 radical (unpaired) electrons. The number of fused-ring (bicyclic) bond motifs is 1. The fraction of sp³-hybridized carbons (Fsp3) is 0.200. The number of Topliss-reactive ketones (excluding diaryl/α,β-unsaturated/α-hetero) is 1. The molecule has 4 rings (SSSR count). The molecule has 3 aromatic rings. The normalized spacial score (nSPS) is 13.6. The maximum atomic E-state index is 14.5. The highest BCUT2D eigenvalue weighted by Crippen LogP contribution is 2.39. The summed E-state index contributed by atoms with van der Waals surface area (Å²) in [4.78, 5) is 40.5. The number of ether oxygens (including phenoxy) is 1. The van der Waals surface area contributed by atoms with Crippen molar-refractivity contribution in [1.82, 2.24) is 4.72 Å². The zero-order valence-corrected chi connectivity index (χ0v) is 21.8. The summed E-state index contributed by atoms with van der Waals surface area (Å²) in [6.07, 6.45) is -0.156. The summed E-state index contributed by atoms with van der Waals surface area (Å²) in [5, 5.41) is 9.50. The van der Waals surface area contributed by atoms with Crippen LogP contribution >= 0.6 is 11.8 Å². The highest BCUT2D eigenvalue weighted by atomic mass is 32.2. The van der Waals surface area contributed by atoms with Crippen molar-refractivity contribution in [3.63, 3.8) is 0 Å². The Hall–Kier alpha value is -3.88. The van der Waals surface area contributed by atoms with Gasteiger partial charge in [0, 0.05) is 33.4 Å². The van der Waals surface area contributed by atoms with Crippen LogP contribution in [-0.4, -0.2) is 31.5 Å². The minimum atomic E-state index is -3.98. The van der Waals surface area contributed by atoms with Gasteiger partial charge in [-0.1, -0.05) is 23.9 Å². The minimum absolute atomic E-state index is 0.00836. The summed E-state index contributed by atoms with van der Waals surface area (Å²) < 4.78 is 60.2. The van der Waals surface area contributed by atoms with E-state index in [-0.39, 0.29) is 38.7 Å². The number of benzene rings is 3. The summed E-state index contributed by atoms with van der Waals surface area (Å²) in [7, 11) is -3.98. The Morgan fingerprint density at radius 3 is 2.59 bits per heavy atom. The monoisotopic (exact) mass is 578 g/mol. The number of sulfonamides is 1. The third-order valence-electron chi connectivity index (χ3n) is 5.60. The molecule has 0 aliphatic heterocycles. The van der Waals surface area contributed by atoms with E-state index in [0.717, 1.165) is 24.1 Å². The molecule has 1 unspecified atom stereocenters. The largest absolute Gasteiger partial charge is 0.438 e. The molecule has 1 atom stereocenters. The average Bonchev–Trinajstić information content (AvgIpc) is 3.22. The van der Waals surface area contributed by atoms with Crippen molar-refractivity contribution in [3.8, 4) is 0 Å². The molecule has 0 heterocycles. The molecular weight excluding hydrogens is 558 g/mol. The van der Waals surface area contributed by atoms with Gasteiger partial charge in [-0.3, -0.25) is 4.79 Å². The molecule has 204 valence electrons. The molecule has 0 bridgehead atoms. The van der Waals surface area contributed by atoms with Gasteiger partial charge in [0.2, 0.25) is 10.0 Å². The Kier molecular flexibility index (Phi) is 8.28. The van der Waals surface area contributed by atoms with E-state index in [4.69, 9.17) is 4.74 Å². The van der Waals surface area contributed by atoms with E-state index < -0.39 is 45.5 Å². The van der Waals surface area contributed by atoms with E-state index in [1.165, 1.54) is 42.5 Å². The first-order chi connectivity index (χ1) is 18.4. The number of hydrogen-bond acceptors (Lipinski definition) is 9. The average molecular weight is 579 g/mol. The van der Waals surface area contributed by atoms with E-state index in [0.29, 0.717) is 23.6 Å². The molecule has 0 saturated carbocycles. The van der Waals surface area contributed by atoms with Crippen molar-refractivity contribution in [2.75, 3.05) is 6.26 Å². The summed E-state index contributed by atoms with van der Waals surface area (Å²) in [5.41, 5.74) is 1.33. The van der Waals surface area contributed by atoms with Crippen LogP contribution in [0.15, 0.2) is 64.4 Å². The van der Waals surface area contributed by atoms with Crippen molar-refractivity contribution in [3.05, 3.63) is 104 Å². The van der Waals surface area contributed by atoms with Crippen LogP contribution in [-0.2, 0) is 32.6 Å². The number of nitrogens with one attached hydrogen (secondary N) is 1. The van der Waals surface area contributed by atoms with Gasteiger partial charge < -0.3 is 9.57 Å². The quantitative estimate of drug-likeness (QED) is 0.161. The second kappa shape index (κ2) is 11.5. The van der Waals surface area contributed by atoms with E-state index in [1.54, 1.807) is 0 Å². The van der Waals surface area contributed by atoms with E-state index in [9.17, 15) is 36.9 Å². The van der Waals surface area contributed by atoms with Crippen LogP contribution in [0.1, 0.15) is 50.1 Å². The summed E-state index contributed by atoms with van der Waals surface area (Å²) in [6, 6.07) is 11.5. The summed E-state index contributed by atoms with van der Waals surface area (Å²) in [5.74, 6) is -2.80. The number of carbonyl (C=O) groups is 2. The summed E-state index contributed by atoms with van der Waals surface area (Å²) >= 11 is 0.806. The fourth-order valence-corrected chi connectivity index (χ4v) is 5.45. The minimum Gasteiger partial charge on any atom is -0.438 e. The van der Waals surface area contributed by atoms with Gasteiger partial charge in [-0.25, -0.2) is 22.0 Å². The lowest BCUT2D eigenvalue weighted by Crippen LogP contribution is -2.31. The van der Waals surface area contributed by atoms with Crippen molar-refractivity contribution in [2.45, 2.75) is 35.5 Å². The number of halogens is 2. The van der Waals surface area contributed by atoms with Crippen molar-refractivity contribution in [2.24, 2.45) is 0 Å². The lowest BCUT2D eigenvalue weighted by atomic mass is 10.0. The predicted molar refractivity (Wildman–Crippen MR) is 134 cm³/mol. The first-order valence-corrected chi connectivity index (χ1v) is 14.0. The van der Waals surface area contributed by atoms with Gasteiger partial charge in [0.15, 0.2) is 12.0 Å². The molecule has 3 aromatic carbocycles. The molecular formula is C25H20F2N2O8S2. The number of esters is 1. The van der Waals surface area contributed by atoms with Crippen LogP contribution in [0.3, 0.4) is 0 Å². The molecule has 10 nitrogen and oxygen atoms in total. The first kappa shape index (κ1) is 28.1. The van der Waals surface area contributed by atoms with Crippen LogP contribution in [0.5, 0.6) is 0 Å². The second-order valence-corrected chi connectivity index (χ2v) is 11.4. The molecule has 39 heavy (non-hydrogen) atoms. The molecule has 1 aliphatic carbocycles. The highest BCUT2D eigenvalue weighted by molar-refractivity contribution is 7.99. The van der Waals surface area contributed by atoms with Crippen molar-refractivity contribution >= 4 is 33.5 Å². The Balaban J connectivity index is 1.74. The topological polar surface area (TPSA) is 142 Å². The van der Waals surface area contributed by atoms with Gasteiger partial charge in [0.05, 0.1) is 11.8 Å². The first-order valence-electron chi connectivity index (χ1n) is 11.3. The Morgan fingerprint density at radius 1 is 1.13 bits per heavy atom. The van der Waals surface area contributed by atoms with Crippen LogP contribution < -0.4 is 4.72 Å². The third kappa shape index (κ3) is 7.16. The van der Waals surface area contributed by atoms with Crippen LogP contribution in [0.4, 0.5) is 8.78 Å². The van der Waals surface area contributed by atoms with Crippen LogP contribution in [0.25, 0.3) is 0 Å². The molecule has 0 amide bonds. The number of carbonyl (C=O) groups excluding carboxylic acids is 2. The molecule has 0 fully saturated rings. The number of hydrogen-bond donors (Lipinski definition) is 1. The molecule has 0 aromatic heterocycles. The van der Waals surface area contributed by atoms with E-state index in [2.05, 4.69) is 9.56 Å². The SMILES string of the molecule is CS(=O)(=O)NC(OC(=O)c1cccc(CO[N+](=O)[O-])c1)c1cc2c(cc1Sc1ccc(F)cc1F)C(=O)CC2. The van der Waals surface area contributed by atoms with Gasteiger partial charge in [-0.05, 0) is 53.9 Å². The zero-order valence-electron chi connectivity index (χ0n) is 20.2. The number of aryl methyl sites for hydroxylation is 1. The highest BCUT2D eigenvalue weighted by Gasteiger charge is 2.29. The van der Waals surface area contributed by atoms with Gasteiger partial charge in [-0.15, -0.1) is 10.1 Å². The Morgan fingerprint density at radius 2 is 1.90 bits per heavy atom. The van der Waals surface area contributed by atoms with Gasteiger partial charge in [-0.2, -0.15) is 4.72 Å². The Labute approximate surface area is 225 Å². The second-order valence-electron chi connectivity index (χ2n) is 8.52. The molecule has 1 N–H and O–H groups in total. The van der Waals surface area contributed by atoms with E-state index in [1.807, 2.05) is 0 Å². The fourth-order valence-electron chi connectivity index (χ4n) is 3.90. The smallest absolute Gasteiger partial charge is 0.339 e. The molecule has 1 aliphatic rings. The number of nitrogens with zero attached hydrogens (tertiary/aromatic N) is 1. The number of rotatable bonds is 10. The van der Waals surface area contributed by atoms with Gasteiger partial charge >= 0.3 is 5.97 Å². The van der Waals surface area contributed by atoms with Crippen molar-refractivity contribution < 1.29 is 41.4 Å². The van der Waals surface area contributed by atoms with Gasteiger partial charge in [0.1, 0.15) is 18.2 Å². The maximum Gasteiger partial charge on any atom is 0.339 e. The van der Waals surface area contributed by atoms with E-state index >= 15 is 0 Å². The lowest BCUT2D eigenvalue weighted by molar-refractivity contribution is -0.763. The van der Waals surface area contributed by atoms with Crippen LogP contribution in [0.2, 0.25) is 0 Å². The van der Waals surface area contributed by atoms with Crippen LogP contribution in [0, 0.1) is 21.7 Å². The molecule has 0 spiro atoms. The lowest BCUT2D eigenvalue weighted by Gasteiger charge is -2.22.